The molecule has 2 rings (SSSR count). The summed E-state index contributed by atoms with van der Waals surface area (Å²) in [5.74, 6) is -0.286. The third-order valence-corrected chi connectivity index (χ3v) is 4.53. The van der Waals surface area contributed by atoms with Crippen LogP contribution >= 0.6 is 11.8 Å². The van der Waals surface area contributed by atoms with Gasteiger partial charge in [0.2, 0.25) is 0 Å². The van der Waals surface area contributed by atoms with E-state index < -0.39 is 0 Å². The van der Waals surface area contributed by atoms with Gasteiger partial charge in [0.05, 0.1) is 0 Å². The Hall–Kier alpha value is -1.23. The van der Waals surface area contributed by atoms with Crippen LogP contribution in [0.2, 0.25) is 0 Å². The molecule has 1 aliphatic carbocycles. The van der Waals surface area contributed by atoms with Gasteiger partial charge in [0, 0.05) is 29.2 Å². The fourth-order valence-electron chi connectivity index (χ4n) is 1.68. The van der Waals surface area contributed by atoms with Gasteiger partial charge in [-0.2, -0.15) is 11.8 Å². The fourth-order valence-corrected chi connectivity index (χ4v) is 2.41. The molecule has 0 atom stereocenters. The number of amides is 1. The van der Waals surface area contributed by atoms with Gasteiger partial charge >= 0.3 is 0 Å². The first-order valence-corrected chi connectivity index (χ1v) is 6.81. The minimum atomic E-state index is -0.286. The van der Waals surface area contributed by atoms with E-state index in [0.29, 0.717) is 6.54 Å². The molecule has 17 heavy (non-hydrogen) atoms. The van der Waals surface area contributed by atoms with Crippen molar-refractivity contribution in [2.24, 2.45) is 0 Å². The van der Waals surface area contributed by atoms with Crippen LogP contribution in [0.15, 0.2) is 17.1 Å². The van der Waals surface area contributed by atoms with Crippen LogP contribution in [0.5, 0.6) is 0 Å². The Morgan fingerprint density at radius 3 is 2.82 bits per heavy atom. The van der Waals surface area contributed by atoms with Crippen molar-refractivity contribution in [1.29, 1.82) is 0 Å². The van der Waals surface area contributed by atoms with Crippen LogP contribution in [0.4, 0.5) is 0 Å². The summed E-state index contributed by atoms with van der Waals surface area (Å²) in [4.78, 5) is 26.3. The smallest absolute Gasteiger partial charge is 0.256 e. The lowest BCUT2D eigenvalue weighted by Gasteiger charge is -2.12. The van der Waals surface area contributed by atoms with Gasteiger partial charge in [-0.1, -0.05) is 0 Å². The summed E-state index contributed by atoms with van der Waals surface area (Å²) in [7, 11) is 0. The molecule has 0 unspecified atom stereocenters. The number of pyridine rings is 1. The van der Waals surface area contributed by atoms with E-state index in [1.807, 2.05) is 0 Å². The number of thioether (sulfide) groups is 1. The molecule has 92 valence electrons. The summed E-state index contributed by atoms with van der Waals surface area (Å²) in [6.07, 6.45) is 5.81. The molecule has 0 spiro atoms. The molecule has 0 radical (unpaired) electrons. The highest BCUT2D eigenvalue weighted by molar-refractivity contribution is 8.00. The molecule has 1 aromatic heterocycles. The highest BCUT2D eigenvalue weighted by Gasteiger charge is 2.42. The molecular weight excluding hydrogens is 236 g/mol. The van der Waals surface area contributed by atoms with Crippen LogP contribution < -0.4 is 10.7 Å². The molecule has 0 bridgehead atoms. The molecule has 1 heterocycles. The van der Waals surface area contributed by atoms with Crippen LogP contribution in [0.3, 0.4) is 0 Å². The van der Waals surface area contributed by atoms with Crippen molar-refractivity contribution in [3.63, 3.8) is 0 Å². The summed E-state index contributed by atoms with van der Waals surface area (Å²) in [5, 5.41) is 2.83. The third-order valence-electron chi connectivity index (χ3n) is 3.11. The van der Waals surface area contributed by atoms with Crippen molar-refractivity contribution in [1.82, 2.24) is 10.3 Å². The lowest BCUT2D eigenvalue weighted by Crippen LogP contribution is -2.34. The van der Waals surface area contributed by atoms with Gasteiger partial charge in [-0.25, -0.2) is 0 Å². The summed E-state index contributed by atoms with van der Waals surface area (Å²) in [5.41, 5.74) is 0.717. The molecular formula is C12H16N2O2S. The first-order valence-electron chi connectivity index (χ1n) is 5.59. The zero-order valence-electron chi connectivity index (χ0n) is 10.0. The predicted molar refractivity (Wildman–Crippen MR) is 69.6 cm³/mol. The largest absolute Gasteiger partial charge is 0.364 e. The van der Waals surface area contributed by atoms with E-state index >= 15 is 0 Å². The second kappa shape index (κ2) is 4.56. The van der Waals surface area contributed by atoms with Gasteiger partial charge < -0.3 is 10.3 Å². The molecule has 1 fully saturated rings. The van der Waals surface area contributed by atoms with E-state index in [0.717, 1.165) is 18.5 Å². The van der Waals surface area contributed by atoms with Crippen molar-refractivity contribution in [2.75, 3.05) is 12.8 Å². The van der Waals surface area contributed by atoms with Crippen molar-refractivity contribution in [3.05, 3.63) is 33.7 Å². The van der Waals surface area contributed by atoms with E-state index in [2.05, 4.69) is 16.6 Å². The Labute approximate surface area is 104 Å². The maximum Gasteiger partial charge on any atom is 0.256 e. The molecule has 2 N–H and O–H groups in total. The minimum Gasteiger partial charge on any atom is -0.364 e. The Balaban J connectivity index is 2.02. The summed E-state index contributed by atoms with van der Waals surface area (Å²) >= 11 is 1.78. The quantitative estimate of drug-likeness (QED) is 0.849. The van der Waals surface area contributed by atoms with Gasteiger partial charge in [0.25, 0.3) is 5.91 Å². The van der Waals surface area contributed by atoms with Gasteiger partial charge in [-0.15, -0.1) is 0 Å². The first-order chi connectivity index (χ1) is 8.06. The van der Waals surface area contributed by atoms with Gasteiger partial charge in [-0.3, -0.25) is 9.59 Å². The van der Waals surface area contributed by atoms with Crippen LogP contribution in [0, 0.1) is 6.92 Å². The second-order valence-corrected chi connectivity index (χ2v) is 5.74. The number of aromatic amines is 1. The topological polar surface area (TPSA) is 62.0 Å². The van der Waals surface area contributed by atoms with E-state index in [9.17, 15) is 9.59 Å². The number of hydrogen-bond donors (Lipinski definition) is 2. The van der Waals surface area contributed by atoms with E-state index in [-0.39, 0.29) is 21.6 Å². The molecule has 0 saturated heterocycles. The number of rotatable bonds is 4. The number of hydrogen-bond acceptors (Lipinski definition) is 3. The summed E-state index contributed by atoms with van der Waals surface area (Å²) < 4.78 is 0.215. The highest BCUT2D eigenvalue weighted by atomic mass is 32.2. The van der Waals surface area contributed by atoms with Crippen LogP contribution in [0.25, 0.3) is 0 Å². The number of H-pyrrole nitrogens is 1. The second-order valence-electron chi connectivity index (χ2n) is 4.46. The van der Waals surface area contributed by atoms with E-state index in [1.165, 1.54) is 12.3 Å². The van der Waals surface area contributed by atoms with Crippen molar-refractivity contribution in [2.45, 2.75) is 24.5 Å². The zero-order valence-corrected chi connectivity index (χ0v) is 10.8. The molecule has 0 aromatic carbocycles. The molecule has 5 heteroatoms. The van der Waals surface area contributed by atoms with Gasteiger partial charge in [-0.05, 0) is 26.0 Å². The summed E-state index contributed by atoms with van der Waals surface area (Å²) in [6, 6.07) is 1.44. The molecule has 1 amide bonds. The fraction of sp³-hybridized carbons (Fsp3) is 0.500. The molecule has 1 aliphatic rings. The first kappa shape index (κ1) is 12.2. The Morgan fingerprint density at radius 2 is 2.29 bits per heavy atom. The monoisotopic (exact) mass is 252 g/mol. The molecule has 1 saturated carbocycles. The van der Waals surface area contributed by atoms with Crippen LogP contribution in [-0.2, 0) is 0 Å². The number of aromatic nitrogens is 1. The molecule has 1 aromatic rings. The Morgan fingerprint density at radius 1 is 1.59 bits per heavy atom. The van der Waals surface area contributed by atoms with Gasteiger partial charge in [0.15, 0.2) is 5.43 Å². The predicted octanol–water partition coefficient (Wildman–Crippen LogP) is 1.31. The maximum atomic E-state index is 11.8. The lowest BCUT2D eigenvalue weighted by molar-refractivity contribution is 0.0951. The zero-order chi connectivity index (χ0) is 12.5. The Kier molecular flexibility index (Phi) is 3.28. The minimum absolute atomic E-state index is 0.188. The number of aryl methyl sites for hydroxylation is 1. The average Bonchev–Trinajstić information content (AvgIpc) is 3.07. The maximum absolute atomic E-state index is 11.8. The lowest BCUT2D eigenvalue weighted by atomic mass is 10.2. The molecule has 4 nitrogen and oxygen atoms in total. The summed E-state index contributed by atoms with van der Waals surface area (Å²) in [6.45, 7) is 2.43. The van der Waals surface area contributed by atoms with Crippen molar-refractivity contribution < 1.29 is 4.79 Å². The van der Waals surface area contributed by atoms with Crippen LogP contribution in [0.1, 0.15) is 28.9 Å². The number of nitrogens with one attached hydrogen (secondary N) is 2. The normalized spacial score (nSPS) is 16.6. The highest BCUT2D eigenvalue weighted by Crippen LogP contribution is 2.46. The Bertz CT molecular complexity index is 492. The third kappa shape index (κ3) is 2.72. The standard InChI is InChI=1S/C12H16N2O2S/c1-8-5-10(15)9(6-13-8)11(16)14-7-12(17-2)3-4-12/h5-6H,3-4,7H2,1-2H3,(H,13,15)(H,14,16). The molecule has 0 aliphatic heterocycles. The van der Waals surface area contributed by atoms with E-state index in [1.54, 1.807) is 18.7 Å². The number of carbonyl (C=O) groups excluding carboxylic acids is 1. The SMILES string of the molecule is CSC1(CNC(=O)c2c[nH]c(C)cc2=O)CC1. The average molecular weight is 252 g/mol. The van der Waals surface area contributed by atoms with Crippen LogP contribution in [-0.4, -0.2) is 28.4 Å². The van der Waals surface area contributed by atoms with E-state index in [4.69, 9.17) is 0 Å². The number of carbonyl (C=O) groups is 1. The van der Waals surface area contributed by atoms with Crippen molar-refractivity contribution >= 4 is 17.7 Å². The van der Waals surface area contributed by atoms with Gasteiger partial charge in [0.1, 0.15) is 5.56 Å². The van der Waals surface area contributed by atoms with Crippen molar-refractivity contribution in [3.8, 4) is 0 Å².